The van der Waals surface area contributed by atoms with E-state index in [1.54, 1.807) is 24.3 Å². The van der Waals surface area contributed by atoms with Gasteiger partial charge < -0.3 is 14.8 Å². The summed E-state index contributed by atoms with van der Waals surface area (Å²) in [6.07, 6.45) is 0. The Morgan fingerprint density at radius 2 is 2.44 bits per heavy atom. The maximum absolute atomic E-state index is 11.8. The van der Waals surface area contributed by atoms with Crippen LogP contribution in [0.4, 0.5) is 0 Å². The SMILES string of the molecule is COc1cccc(CNC(=O)C2=CSCCO2)c1. The average Bonchev–Trinajstić information content (AvgIpc) is 2.46. The first-order chi connectivity index (χ1) is 8.79. The van der Waals surface area contributed by atoms with Crippen LogP contribution in [0.2, 0.25) is 0 Å². The molecule has 0 spiro atoms. The maximum Gasteiger partial charge on any atom is 0.287 e. The summed E-state index contributed by atoms with van der Waals surface area (Å²) in [7, 11) is 1.62. The molecule has 1 heterocycles. The number of methoxy groups -OCH3 is 1. The predicted octanol–water partition coefficient (Wildman–Crippen LogP) is 1.92. The highest BCUT2D eigenvalue weighted by Crippen LogP contribution is 2.16. The van der Waals surface area contributed by atoms with Crippen molar-refractivity contribution < 1.29 is 14.3 Å². The Balaban J connectivity index is 1.90. The summed E-state index contributed by atoms with van der Waals surface area (Å²) in [6.45, 7) is 1.05. The van der Waals surface area contributed by atoms with Crippen LogP contribution in [0.15, 0.2) is 35.4 Å². The molecule has 1 amide bonds. The molecule has 0 saturated carbocycles. The van der Waals surface area contributed by atoms with Crippen LogP contribution < -0.4 is 10.1 Å². The van der Waals surface area contributed by atoms with Gasteiger partial charge in [-0.25, -0.2) is 0 Å². The van der Waals surface area contributed by atoms with E-state index < -0.39 is 0 Å². The van der Waals surface area contributed by atoms with Crippen molar-refractivity contribution in [3.63, 3.8) is 0 Å². The van der Waals surface area contributed by atoms with E-state index in [9.17, 15) is 4.79 Å². The molecule has 1 aliphatic rings. The van der Waals surface area contributed by atoms with Gasteiger partial charge in [-0.15, -0.1) is 11.8 Å². The minimum absolute atomic E-state index is 0.176. The van der Waals surface area contributed by atoms with E-state index in [1.807, 2.05) is 24.3 Å². The fourth-order valence-electron chi connectivity index (χ4n) is 1.54. The summed E-state index contributed by atoms with van der Waals surface area (Å²) in [4.78, 5) is 11.8. The molecule has 2 rings (SSSR count). The molecule has 0 saturated heterocycles. The quantitative estimate of drug-likeness (QED) is 0.903. The smallest absolute Gasteiger partial charge is 0.287 e. The third kappa shape index (κ3) is 3.43. The summed E-state index contributed by atoms with van der Waals surface area (Å²) in [5.41, 5.74) is 0.992. The van der Waals surface area contributed by atoms with Crippen LogP contribution in [-0.2, 0) is 16.1 Å². The highest BCUT2D eigenvalue weighted by Gasteiger charge is 2.13. The standard InChI is InChI=1S/C13H15NO3S/c1-16-11-4-2-3-10(7-11)8-14-13(15)12-9-18-6-5-17-12/h2-4,7,9H,5-6,8H2,1H3,(H,14,15). The van der Waals surface area contributed by atoms with Crippen LogP contribution in [0.25, 0.3) is 0 Å². The van der Waals surface area contributed by atoms with Gasteiger partial charge in [0.05, 0.1) is 13.7 Å². The maximum atomic E-state index is 11.8. The summed E-state index contributed by atoms with van der Waals surface area (Å²) >= 11 is 1.59. The molecule has 1 aliphatic heterocycles. The molecule has 0 atom stereocenters. The van der Waals surface area contributed by atoms with Crippen LogP contribution in [0, 0.1) is 0 Å². The highest BCUT2D eigenvalue weighted by atomic mass is 32.2. The Morgan fingerprint density at radius 1 is 1.56 bits per heavy atom. The molecule has 4 nitrogen and oxygen atoms in total. The lowest BCUT2D eigenvalue weighted by Crippen LogP contribution is -2.26. The monoisotopic (exact) mass is 265 g/mol. The minimum Gasteiger partial charge on any atom is -0.497 e. The average molecular weight is 265 g/mol. The lowest BCUT2D eigenvalue weighted by molar-refractivity contribution is -0.121. The van der Waals surface area contributed by atoms with Gasteiger partial charge in [0, 0.05) is 17.7 Å². The van der Waals surface area contributed by atoms with Crippen molar-refractivity contribution in [3.05, 3.63) is 41.0 Å². The van der Waals surface area contributed by atoms with Crippen molar-refractivity contribution in [1.29, 1.82) is 0 Å². The number of thioether (sulfide) groups is 1. The zero-order valence-electron chi connectivity index (χ0n) is 10.1. The van der Waals surface area contributed by atoms with Gasteiger partial charge in [-0.05, 0) is 17.7 Å². The summed E-state index contributed by atoms with van der Waals surface area (Å²) in [5.74, 6) is 1.90. The molecule has 5 heteroatoms. The van der Waals surface area contributed by atoms with E-state index in [0.29, 0.717) is 18.9 Å². The molecule has 0 bridgehead atoms. The van der Waals surface area contributed by atoms with Gasteiger partial charge in [0.1, 0.15) is 5.75 Å². The van der Waals surface area contributed by atoms with Crippen LogP contribution in [0.5, 0.6) is 5.75 Å². The number of hydrogen-bond acceptors (Lipinski definition) is 4. The minimum atomic E-state index is -0.176. The van der Waals surface area contributed by atoms with Gasteiger partial charge in [-0.3, -0.25) is 4.79 Å². The number of carbonyl (C=O) groups excluding carboxylic acids is 1. The fraction of sp³-hybridized carbons (Fsp3) is 0.308. The van der Waals surface area contributed by atoms with E-state index in [0.717, 1.165) is 17.1 Å². The van der Waals surface area contributed by atoms with Gasteiger partial charge in [0.15, 0.2) is 5.76 Å². The Hall–Kier alpha value is -1.62. The van der Waals surface area contributed by atoms with Gasteiger partial charge >= 0.3 is 0 Å². The van der Waals surface area contributed by atoms with E-state index in [-0.39, 0.29) is 5.91 Å². The second-order valence-electron chi connectivity index (χ2n) is 3.74. The molecule has 96 valence electrons. The zero-order valence-corrected chi connectivity index (χ0v) is 11.0. The Bertz CT molecular complexity index is 459. The topological polar surface area (TPSA) is 47.6 Å². The normalized spacial score (nSPS) is 14.4. The molecule has 1 aromatic carbocycles. The molecule has 0 aliphatic carbocycles. The molecule has 0 unspecified atom stereocenters. The second-order valence-corrected chi connectivity index (χ2v) is 4.71. The van der Waals surface area contributed by atoms with Crippen LogP contribution in [0.1, 0.15) is 5.56 Å². The zero-order chi connectivity index (χ0) is 12.8. The molecule has 1 N–H and O–H groups in total. The highest BCUT2D eigenvalue weighted by molar-refractivity contribution is 8.02. The molecule has 0 aromatic heterocycles. The number of ether oxygens (including phenoxy) is 2. The summed E-state index contributed by atoms with van der Waals surface area (Å²) in [6, 6.07) is 7.60. The van der Waals surface area contributed by atoms with Crippen LogP contribution in [0.3, 0.4) is 0 Å². The van der Waals surface area contributed by atoms with Crippen molar-refractivity contribution in [2.75, 3.05) is 19.5 Å². The number of benzene rings is 1. The third-order valence-corrected chi connectivity index (χ3v) is 3.24. The molecule has 0 fully saturated rings. The van der Waals surface area contributed by atoms with Crippen molar-refractivity contribution >= 4 is 17.7 Å². The second kappa shape index (κ2) is 6.35. The van der Waals surface area contributed by atoms with Gasteiger partial charge in [0.25, 0.3) is 5.91 Å². The Kier molecular flexibility index (Phi) is 4.52. The lowest BCUT2D eigenvalue weighted by Gasteiger charge is -2.14. The first-order valence-corrected chi connectivity index (χ1v) is 6.70. The first-order valence-electron chi connectivity index (χ1n) is 5.65. The van der Waals surface area contributed by atoms with E-state index in [2.05, 4.69) is 5.32 Å². The molecular weight excluding hydrogens is 250 g/mol. The van der Waals surface area contributed by atoms with Crippen LogP contribution >= 0.6 is 11.8 Å². The van der Waals surface area contributed by atoms with Crippen molar-refractivity contribution in [1.82, 2.24) is 5.32 Å². The number of carbonyl (C=O) groups is 1. The summed E-state index contributed by atoms with van der Waals surface area (Å²) < 4.78 is 10.4. The van der Waals surface area contributed by atoms with Gasteiger partial charge in [-0.2, -0.15) is 0 Å². The number of nitrogens with one attached hydrogen (secondary N) is 1. The van der Waals surface area contributed by atoms with Crippen molar-refractivity contribution in [3.8, 4) is 5.75 Å². The van der Waals surface area contributed by atoms with E-state index in [1.165, 1.54) is 0 Å². The predicted molar refractivity (Wildman–Crippen MR) is 71.3 cm³/mol. The van der Waals surface area contributed by atoms with Crippen molar-refractivity contribution in [2.45, 2.75) is 6.54 Å². The molecular formula is C13H15NO3S. The molecule has 18 heavy (non-hydrogen) atoms. The Labute approximate surface area is 110 Å². The number of hydrogen-bond donors (Lipinski definition) is 1. The fourth-order valence-corrected chi connectivity index (χ4v) is 2.16. The molecule has 1 aromatic rings. The van der Waals surface area contributed by atoms with Crippen LogP contribution in [-0.4, -0.2) is 25.4 Å². The number of amides is 1. The third-order valence-electron chi connectivity index (χ3n) is 2.46. The first kappa shape index (κ1) is 12.8. The number of rotatable bonds is 4. The molecule has 0 radical (unpaired) electrons. The lowest BCUT2D eigenvalue weighted by atomic mass is 10.2. The van der Waals surface area contributed by atoms with E-state index >= 15 is 0 Å². The largest absolute Gasteiger partial charge is 0.497 e. The van der Waals surface area contributed by atoms with Gasteiger partial charge in [0.2, 0.25) is 0 Å². The van der Waals surface area contributed by atoms with E-state index in [4.69, 9.17) is 9.47 Å². The van der Waals surface area contributed by atoms with Crippen molar-refractivity contribution in [2.24, 2.45) is 0 Å². The summed E-state index contributed by atoms with van der Waals surface area (Å²) in [5, 5.41) is 4.57. The Morgan fingerprint density at radius 3 is 3.17 bits per heavy atom. The van der Waals surface area contributed by atoms with Gasteiger partial charge in [-0.1, -0.05) is 12.1 Å².